The zero-order chi connectivity index (χ0) is 13.0. The lowest BCUT2D eigenvalue weighted by Crippen LogP contribution is -2.03. The zero-order valence-corrected chi connectivity index (χ0v) is 10.6. The molecule has 2 N–H and O–H groups in total. The molecule has 0 spiro atoms. The number of anilines is 1. The van der Waals surface area contributed by atoms with Gasteiger partial charge < -0.3 is 10.4 Å². The third-order valence-corrected chi connectivity index (χ3v) is 2.98. The van der Waals surface area contributed by atoms with Gasteiger partial charge in [-0.2, -0.15) is 4.37 Å². The van der Waals surface area contributed by atoms with E-state index in [0.29, 0.717) is 6.54 Å². The molecule has 6 nitrogen and oxygen atoms in total. The summed E-state index contributed by atoms with van der Waals surface area (Å²) in [5.41, 5.74) is 0.941. The number of nitrogens with zero attached hydrogens (tertiary/aromatic N) is 3. The van der Waals surface area contributed by atoms with Crippen LogP contribution in [0.1, 0.15) is 28.8 Å². The Kier molecular flexibility index (Phi) is 3.83. The third kappa shape index (κ3) is 3.01. The highest BCUT2D eigenvalue weighted by Crippen LogP contribution is 2.12. The predicted octanol–water partition coefficient (Wildman–Crippen LogP) is 1.81. The van der Waals surface area contributed by atoms with Crippen LogP contribution < -0.4 is 5.32 Å². The van der Waals surface area contributed by atoms with Crippen molar-refractivity contribution in [3.05, 3.63) is 35.4 Å². The smallest absolute Gasteiger partial charge is 0.354 e. The fourth-order valence-electron chi connectivity index (χ4n) is 1.30. The summed E-state index contributed by atoms with van der Waals surface area (Å²) in [6.07, 6.45) is 2.35. The first-order chi connectivity index (χ1) is 8.69. The second-order valence-electron chi connectivity index (χ2n) is 3.58. The van der Waals surface area contributed by atoms with Crippen LogP contribution in [0.15, 0.2) is 18.3 Å². The Bertz CT molecular complexity index is 538. The number of aromatic nitrogens is 3. The Hall–Kier alpha value is -2.02. The molecule has 0 radical (unpaired) electrons. The Morgan fingerprint density at radius 3 is 2.89 bits per heavy atom. The minimum atomic E-state index is -1.02. The van der Waals surface area contributed by atoms with Gasteiger partial charge in [0.25, 0.3) is 0 Å². The first kappa shape index (κ1) is 12.4. The van der Waals surface area contributed by atoms with Crippen molar-refractivity contribution in [2.24, 2.45) is 0 Å². The maximum absolute atomic E-state index is 10.6. The molecule has 2 rings (SSSR count). The normalized spacial score (nSPS) is 10.3. The molecule has 18 heavy (non-hydrogen) atoms. The second-order valence-corrected chi connectivity index (χ2v) is 4.33. The molecule has 0 saturated heterocycles. The van der Waals surface area contributed by atoms with E-state index in [1.807, 2.05) is 6.92 Å². The first-order valence-corrected chi connectivity index (χ1v) is 6.21. The van der Waals surface area contributed by atoms with E-state index in [2.05, 4.69) is 19.7 Å². The van der Waals surface area contributed by atoms with E-state index >= 15 is 0 Å². The van der Waals surface area contributed by atoms with Gasteiger partial charge in [0.05, 0.1) is 0 Å². The van der Waals surface area contributed by atoms with E-state index in [4.69, 9.17) is 5.11 Å². The molecule has 0 bridgehead atoms. The quantitative estimate of drug-likeness (QED) is 0.856. The minimum Gasteiger partial charge on any atom is -0.477 e. The van der Waals surface area contributed by atoms with E-state index in [-0.39, 0.29) is 5.69 Å². The van der Waals surface area contributed by atoms with Crippen LogP contribution in [0.25, 0.3) is 0 Å². The summed E-state index contributed by atoms with van der Waals surface area (Å²) in [6, 6.07) is 3.21. The highest BCUT2D eigenvalue weighted by molar-refractivity contribution is 7.09. The van der Waals surface area contributed by atoms with Crippen LogP contribution in [0.3, 0.4) is 0 Å². The SMILES string of the molecule is CCc1nsc(NCc2ccc(C(=O)O)nc2)n1. The number of carboxylic acid groups (broad SMARTS) is 1. The summed E-state index contributed by atoms with van der Waals surface area (Å²) >= 11 is 1.31. The number of aryl methyl sites for hydroxylation is 1. The molecule has 0 unspecified atom stereocenters. The van der Waals surface area contributed by atoms with Crippen molar-refractivity contribution in [1.82, 2.24) is 14.3 Å². The average Bonchev–Trinajstić information content (AvgIpc) is 2.85. The van der Waals surface area contributed by atoms with E-state index in [9.17, 15) is 4.79 Å². The molecule has 2 aromatic heterocycles. The summed E-state index contributed by atoms with van der Waals surface area (Å²) in [5.74, 6) is -0.201. The van der Waals surface area contributed by atoms with E-state index in [1.54, 1.807) is 6.07 Å². The van der Waals surface area contributed by atoms with Crippen LogP contribution in [0, 0.1) is 0 Å². The van der Waals surface area contributed by atoms with Crippen molar-refractivity contribution in [2.45, 2.75) is 19.9 Å². The Balaban J connectivity index is 1.95. The molecule has 0 aromatic carbocycles. The van der Waals surface area contributed by atoms with Crippen molar-refractivity contribution < 1.29 is 9.90 Å². The van der Waals surface area contributed by atoms with Crippen molar-refractivity contribution in [2.75, 3.05) is 5.32 Å². The minimum absolute atomic E-state index is 0.0444. The molecule has 0 aliphatic rings. The molecule has 94 valence electrons. The summed E-state index contributed by atoms with van der Waals surface area (Å²) in [7, 11) is 0. The molecule has 0 fully saturated rings. The zero-order valence-electron chi connectivity index (χ0n) is 9.75. The lowest BCUT2D eigenvalue weighted by atomic mass is 10.2. The van der Waals surface area contributed by atoms with Gasteiger partial charge in [-0.05, 0) is 11.6 Å². The van der Waals surface area contributed by atoms with Crippen LogP contribution >= 0.6 is 11.5 Å². The van der Waals surface area contributed by atoms with E-state index < -0.39 is 5.97 Å². The Labute approximate surface area is 108 Å². The highest BCUT2D eigenvalue weighted by Gasteiger charge is 2.04. The fraction of sp³-hybridized carbons (Fsp3) is 0.273. The van der Waals surface area contributed by atoms with Gasteiger partial charge in [-0.15, -0.1) is 0 Å². The maximum Gasteiger partial charge on any atom is 0.354 e. The summed E-state index contributed by atoms with van der Waals surface area (Å²) in [6.45, 7) is 2.55. The molecule has 7 heteroatoms. The first-order valence-electron chi connectivity index (χ1n) is 5.43. The van der Waals surface area contributed by atoms with Gasteiger partial charge in [0.2, 0.25) is 5.13 Å². The number of aromatic carboxylic acids is 1. The van der Waals surface area contributed by atoms with Crippen molar-refractivity contribution >= 4 is 22.6 Å². The molecule has 0 amide bonds. The van der Waals surface area contributed by atoms with Gasteiger partial charge in [-0.3, -0.25) is 0 Å². The number of pyridine rings is 1. The third-order valence-electron chi connectivity index (χ3n) is 2.27. The predicted molar refractivity (Wildman–Crippen MR) is 67.8 cm³/mol. The van der Waals surface area contributed by atoms with Crippen LogP contribution in [0.4, 0.5) is 5.13 Å². The molecule has 2 aromatic rings. The van der Waals surface area contributed by atoms with E-state index in [0.717, 1.165) is 22.9 Å². The van der Waals surface area contributed by atoms with Gasteiger partial charge in [0, 0.05) is 30.7 Å². The number of rotatable bonds is 5. The van der Waals surface area contributed by atoms with E-state index in [1.165, 1.54) is 23.8 Å². The lowest BCUT2D eigenvalue weighted by Gasteiger charge is -2.02. The largest absolute Gasteiger partial charge is 0.477 e. The Morgan fingerprint density at radius 1 is 1.50 bits per heavy atom. The van der Waals surface area contributed by atoms with Crippen LogP contribution in [-0.2, 0) is 13.0 Å². The number of carbonyl (C=O) groups is 1. The molecule has 0 aliphatic carbocycles. The van der Waals surface area contributed by atoms with Crippen molar-refractivity contribution in [3.63, 3.8) is 0 Å². The summed E-state index contributed by atoms with van der Waals surface area (Å²) < 4.78 is 4.16. The number of hydrogen-bond donors (Lipinski definition) is 2. The van der Waals surface area contributed by atoms with Crippen LogP contribution in [-0.4, -0.2) is 25.4 Å². The highest BCUT2D eigenvalue weighted by atomic mass is 32.1. The lowest BCUT2D eigenvalue weighted by molar-refractivity contribution is 0.0690. The van der Waals surface area contributed by atoms with Gasteiger partial charge >= 0.3 is 5.97 Å². The van der Waals surface area contributed by atoms with Gasteiger partial charge in [0.1, 0.15) is 11.5 Å². The van der Waals surface area contributed by atoms with Gasteiger partial charge in [-0.1, -0.05) is 13.0 Å². The monoisotopic (exact) mass is 264 g/mol. The molecule has 0 atom stereocenters. The van der Waals surface area contributed by atoms with Gasteiger partial charge in [-0.25, -0.2) is 14.8 Å². The second kappa shape index (κ2) is 5.54. The fourth-order valence-corrected chi connectivity index (χ4v) is 1.95. The molecular weight excluding hydrogens is 252 g/mol. The topological polar surface area (TPSA) is 88.0 Å². The van der Waals surface area contributed by atoms with Crippen molar-refractivity contribution in [3.8, 4) is 0 Å². The Morgan fingerprint density at radius 2 is 2.33 bits per heavy atom. The molecule has 0 saturated carbocycles. The number of nitrogens with one attached hydrogen (secondary N) is 1. The number of hydrogen-bond acceptors (Lipinski definition) is 6. The van der Waals surface area contributed by atoms with Crippen LogP contribution in [0.5, 0.6) is 0 Å². The maximum atomic E-state index is 10.6. The summed E-state index contributed by atoms with van der Waals surface area (Å²) in [5, 5.41) is 12.6. The number of carboxylic acids is 1. The summed E-state index contributed by atoms with van der Waals surface area (Å²) in [4.78, 5) is 18.7. The standard InChI is InChI=1S/C11H12N4O2S/c1-2-9-14-11(18-15-9)13-6-7-3-4-8(10(16)17)12-5-7/h3-5H,2,6H2,1H3,(H,16,17)(H,13,14,15). The molecule has 2 heterocycles. The average molecular weight is 264 g/mol. The van der Waals surface area contributed by atoms with Crippen LogP contribution in [0.2, 0.25) is 0 Å². The molecule has 0 aliphatic heterocycles. The van der Waals surface area contributed by atoms with Crippen molar-refractivity contribution in [1.29, 1.82) is 0 Å². The van der Waals surface area contributed by atoms with Gasteiger partial charge in [0.15, 0.2) is 0 Å². The molecular formula is C11H12N4O2S.